The first kappa shape index (κ1) is 13.3. The Morgan fingerprint density at radius 1 is 1.55 bits per heavy atom. The lowest BCUT2D eigenvalue weighted by Gasteiger charge is -2.37. The molecule has 1 saturated heterocycles. The molecule has 0 spiro atoms. The molecule has 1 saturated carbocycles. The second-order valence-corrected chi connectivity index (χ2v) is 5.41. The maximum atomic E-state index is 8.72. The number of amidine groups is 1. The minimum absolute atomic E-state index is 0.0487. The number of pyridine rings is 1. The number of fused-ring (bicyclic) bond motifs is 1. The van der Waals surface area contributed by atoms with Gasteiger partial charge in [-0.25, -0.2) is 0 Å². The molecule has 2 heterocycles. The van der Waals surface area contributed by atoms with Gasteiger partial charge in [0.25, 0.3) is 0 Å². The van der Waals surface area contributed by atoms with Crippen LogP contribution >= 0.6 is 0 Å². The van der Waals surface area contributed by atoms with Gasteiger partial charge in [-0.2, -0.15) is 0 Å². The molecule has 0 amide bonds. The Balaban J connectivity index is 1.74. The number of hydrogen-bond acceptors (Lipinski definition) is 5. The molecule has 1 aromatic heterocycles. The van der Waals surface area contributed by atoms with E-state index >= 15 is 0 Å². The zero-order valence-electron chi connectivity index (χ0n) is 11.4. The normalized spacial score (nSPS) is 27.5. The molecule has 0 bridgehead atoms. The zero-order valence-corrected chi connectivity index (χ0v) is 11.4. The maximum absolute atomic E-state index is 8.72. The van der Waals surface area contributed by atoms with Crippen LogP contribution < -0.4 is 5.73 Å². The Kier molecular flexibility index (Phi) is 3.84. The van der Waals surface area contributed by atoms with E-state index in [9.17, 15) is 0 Å². The van der Waals surface area contributed by atoms with Gasteiger partial charge in [0.05, 0.1) is 12.7 Å². The molecule has 20 heavy (non-hydrogen) atoms. The van der Waals surface area contributed by atoms with Crippen molar-refractivity contribution in [2.45, 2.75) is 38.0 Å². The highest BCUT2D eigenvalue weighted by atomic mass is 16.5. The Morgan fingerprint density at radius 2 is 2.45 bits per heavy atom. The maximum Gasteiger partial charge on any atom is 0.188 e. The molecule has 2 atom stereocenters. The smallest absolute Gasteiger partial charge is 0.188 e. The fourth-order valence-corrected chi connectivity index (χ4v) is 3.20. The van der Waals surface area contributed by atoms with Gasteiger partial charge in [-0.1, -0.05) is 5.16 Å². The third kappa shape index (κ3) is 2.62. The van der Waals surface area contributed by atoms with Crippen molar-refractivity contribution >= 4 is 5.84 Å². The van der Waals surface area contributed by atoms with Crippen molar-refractivity contribution in [3.8, 4) is 0 Å². The fraction of sp³-hybridized carbons (Fsp3) is 0.571. The van der Waals surface area contributed by atoms with E-state index in [4.69, 9.17) is 15.7 Å². The molecule has 108 valence electrons. The highest BCUT2D eigenvalue weighted by Crippen LogP contribution is 2.30. The zero-order chi connectivity index (χ0) is 13.9. The van der Waals surface area contributed by atoms with Gasteiger partial charge in [-0.05, 0) is 37.0 Å². The monoisotopic (exact) mass is 276 g/mol. The van der Waals surface area contributed by atoms with Crippen molar-refractivity contribution in [2.75, 3.05) is 13.2 Å². The number of aromatic nitrogens is 1. The van der Waals surface area contributed by atoms with E-state index in [0.717, 1.165) is 25.3 Å². The summed E-state index contributed by atoms with van der Waals surface area (Å²) in [6.07, 6.45) is 5.73. The molecule has 1 aliphatic carbocycles. The van der Waals surface area contributed by atoms with Crippen LogP contribution in [0.1, 0.15) is 30.5 Å². The van der Waals surface area contributed by atoms with Gasteiger partial charge in [0.1, 0.15) is 5.69 Å². The van der Waals surface area contributed by atoms with Gasteiger partial charge in [-0.3, -0.25) is 9.88 Å². The Bertz CT molecular complexity index is 506. The van der Waals surface area contributed by atoms with Gasteiger partial charge in [-0.15, -0.1) is 0 Å². The predicted molar refractivity (Wildman–Crippen MR) is 74.5 cm³/mol. The van der Waals surface area contributed by atoms with E-state index in [-0.39, 0.29) is 5.84 Å². The van der Waals surface area contributed by atoms with Crippen molar-refractivity contribution in [1.29, 1.82) is 0 Å². The summed E-state index contributed by atoms with van der Waals surface area (Å²) in [4.78, 5) is 6.59. The quantitative estimate of drug-likeness (QED) is 0.371. The van der Waals surface area contributed by atoms with Gasteiger partial charge >= 0.3 is 0 Å². The van der Waals surface area contributed by atoms with Crippen molar-refractivity contribution in [3.05, 3.63) is 29.6 Å². The van der Waals surface area contributed by atoms with Crippen LogP contribution in [0.15, 0.2) is 23.5 Å². The second-order valence-electron chi connectivity index (χ2n) is 5.41. The molecule has 2 unspecified atom stereocenters. The van der Waals surface area contributed by atoms with E-state index < -0.39 is 0 Å². The molecule has 2 aliphatic rings. The molecular weight excluding hydrogens is 256 g/mol. The first-order chi connectivity index (χ1) is 9.78. The molecule has 0 aromatic carbocycles. The summed E-state index contributed by atoms with van der Waals surface area (Å²) in [6, 6.07) is 4.39. The summed E-state index contributed by atoms with van der Waals surface area (Å²) in [5.41, 5.74) is 7.23. The number of rotatable bonds is 3. The van der Waals surface area contributed by atoms with E-state index in [0.29, 0.717) is 17.8 Å². The summed E-state index contributed by atoms with van der Waals surface area (Å²) in [5.74, 6) is 0.0487. The lowest BCUT2D eigenvalue weighted by atomic mass is 10.1. The SMILES string of the molecule is NC(=NO)c1cc(CN2CCOC3CCCC32)ccn1. The van der Waals surface area contributed by atoms with Crippen molar-refractivity contribution in [1.82, 2.24) is 9.88 Å². The number of hydrogen-bond donors (Lipinski definition) is 2. The lowest BCUT2D eigenvalue weighted by Crippen LogP contribution is -2.47. The van der Waals surface area contributed by atoms with E-state index in [1.54, 1.807) is 6.20 Å². The third-order valence-corrected chi connectivity index (χ3v) is 4.18. The predicted octanol–water partition coefficient (Wildman–Crippen LogP) is 0.929. The van der Waals surface area contributed by atoms with Crippen LogP contribution in [0.3, 0.4) is 0 Å². The minimum atomic E-state index is 0.0487. The summed E-state index contributed by atoms with van der Waals surface area (Å²) in [7, 11) is 0. The highest BCUT2D eigenvalue weighted by molar-refractivity contribution is 5.95. The standard InChI is InChI=1S/C14H20N4O2/c15-14(17-19)11-8-10(4-5-16-11)9-18-6-7-20-13-3-1-2-12(13)18/h4-5,8,12-13,19H,1-3,6-7,9H2,(H2,15,17). The molecule has 1 aliphatic heterocycles. The third-order valence-electron chi connectivity index (χ3n) is 4.18. The molecule has 0 radical (unpaired) electrons. The van der Waals surface area contributed by atoms with Crippen molar-refractivity contribution < 1.29 is 9.94 Å². The van der Waals surface area contributed by atoms with Crippen LogP contribution in [-0.4, -0.2) is 46.2 Å². The van der Waals surface area contributed by atoms with Gasteiger partial charge in [0, 0.05) is 25.3 Å². The van der Waals surface area contributed by atoms with Gasteiger partial charge < -0.3 is 15.7 Å². The Labute approximate surface area is 118 Å². The van der Waals surface area contributed by atoms with Gasteiger partial charge in [0.2, 0.25) is 0 Å². The van der Waals surface area contributed by atoms with Crippen molar-refractivity contribution in [3.63, 3.8) is 0 Å². The second kappa shape index (κ2) is 5.76. The van der Waals surface area contributed by atoms with E-state index in [2.05, 4.69) is 15.0 Å². The lowest BCUT2D eigenvalue weighted by molar-refractivity contribution is -0.0588. The average molecular weight is 276 g/mol. The van der Waals surface area contributed by atoms with Crippen LogP contribution in [0.25, 0.3) is 0 Å². The molecular formula is C14H20N4O2. The largest absolute Gasteiger partial charge is 0.409 e. The summed E-state index contributed by atoms with van der Waals surface area (Å²) in [5, 5.41) is 11.7. The Morgan fingerprint density at radius 3 is 3.30 bits per heavy atom. The van der Waals surface area contributed by atoms with E-state index in [1.165, 1.54) is 19.3 Å². The molecule has 2 fully saturated rings. The molecule has 1 aromatic rings. The first-order valence-corrected chi connectivity index (χ1v) is 7.06. The number of oxime groups is 1. The highest BCUT2D eigenvalue weighted by Gasteiger charge is 2.35. The molecule has 6 nitrogen and oxygen atoms in total. The number of nitrogens with two attached hydrogens (primary N) is 1. The molecule has 3 rings (SSSR count). The van der Waals surface area contributed by atoms with Crippen LogP contribution in [-0.2, 0) is 11.3 Å². The van der Waals surface area contributed by atoms with Crippen LogP contribution in [0.5, 0.6) is 0 Å². The van der Waals surface area contributed by atoms with Crippen LogP contribution in [0, 0.1) is 0 Å². The molecule has 6 heteroatoms. The summed E-state index contributed by atoms with van der Waals surface area (Å²) >= 11 is 0. The summed E-state index contributed by atoms with van der Waals surface area (Å²) < 4.78 is 5.82. The topological polar surface area (TPSA) is 84.0 Å². The fourth-order valence-electron chi connectivity index (χ4n) is 3.20. The average Bonchev–Trinajstić information content (AvgIpc) is 2.96. The first-order valence-electron chi connectivity index (χ1n) is 7.06. The van der Waals surface area contributed by atoms with Gasteiger partial charge in [0.15, 0.2) is 5.84 Å². The van der Waals surface area contributed by atoms with E-state index in [1.807, 2.05) is 12.1 Å². The molecule has 3 N–H and O–H groups in total. The van der Waals surface area contributed by atoms with Crippen LogP contribution in [0.4, 0.5) is 0 Å². The Hall–Kier alpha value is -1.66. The number of ether oxygens (including phenoxy) is 1. The minimum Gasteiger partial charge on any atom is -0.409 e. The number of nitrogens with zero attached hydrogens (tertiary/aromatic N) is 3. The van der Waals surface area contributed by atoms with Crippen LogP contribution in [0.2, 0.25) is 0 Å². The summed E-state index contributed by atoms with van der Waals surface area (Å²) in [6.45, 7) is 2.63. The number of morpholine rings is 1. The van der Waals surface area contributed by atoms with Crippen molar-refractivity contribution in [2.24, 2.45) is 10.9 Å².